The van der Waals surface area contributed by atoms with Crippen LogP contribution in [0.15, 0.2) is 119 Å². The number of hydrogen-bond acceptors (Lipinski definition) is 22. The summed E-state index contributed by atoms with van der Waals surface area (Å²) in [5, 5.41) is 19.8. The van der Waals surface area contributed by atoms with Crippen LogP contribution in [-0.4, -0.2) is 298 Å². The Bertz CT molecular complexity index is 4650. The van der Waals surface area contributed by atoms with Gasteiger partial charge in [0.2, 0.25) is 23.6 Å². The molecule has 12 rings (SSSR count). The van der Waals surface area contributed by atoms with E-state index in [0.717, 1.165) is 97.5 Å². The number of rotatable bonds is 42. The molecule has 6 N–H and O–H groups in total. The molecule has 0 saturated carbocycles. The minimum absolute atomic E-state index is 0. The number of hydrazone groups is 2. The summed E-state index contributed by atoms with van der Waals surface area (Å²) in [7, 11) is 4.06. The molecule has 6 heterocycles. The molecule has 32 nitrogen and oxygen atoms in total. The van der Waals surface area contributed by atoms with Crippen molar-refractivity contribution in [3.63, 3.8) is 0 Å². The van der Waals surface area contributed by atoms with Crippen LogP contribution in [-0.2, 0) is 57.1 Å². The van der Waals surface area contributed by atoms with Gasteiger partial charge in [-0.1, -0.05) is 97.9 Å². The van der Waals surface area contributed by atoms with Crippen molar-refractivity contribution in [1.82, 2.24) is 51.1 Å². The van der Waals surface area contributed by atoms with E-state index in [9.17, 15) is 38.4 Å². The van der Waals surface area contributed by atoms with Crippen LogP contribution in [0.1, 0.15) is 116 Å². The number of nitrogens with one attached hydrogen (secondary N) is 6. The van der Waals surface area contributed by atoms with Gasteiger partial charge in [0.15, 0.2) is 0 Å². The molecule has 0 unspecified atom stereocenters. The quantitative estimate of drug-likeness (QED) is 0.00896. The average Bonchev–Trinajstić information content (AvgIpc) is 1.60. The number of amides is 8. The highest BCUT2D eigenvalue weighted by molar-refractivity contribution is 9.09. The second-order valence-corrected chi connectivity index (χ2v) is 30.8. The number of carbonyl (C=O) groups excluding carboxylic acids is 8. The van der Waals surface area contributed by atoms with E-state index in [2.05, 4.69) is 67.4 Å². The minimum atomic E-state index is -0.412. The van der Waals surface area contributed by atoms with E-state index in [1.807, 2.05) is 111 Å². The fraction of sp³-hybridized carbons (Fsp3) is 0.483. The van der Waals surface area contributed by atoms with E-state index < -0.39 is 12.2 Å². The van der Waals surface area contributed by atoms with E-state index in [1.54, 1.807) is 59.4 Å². The minimum Gasteiger partial charge on any atom is -0.409 e. The number of alkyl halides is 2. The lowest BCUT2D eigenvalue weighted by Gasteiger charge is -2.31. The monoisotopic (exact) mass is 1780 g/mol. The lowest BCUT2D eigenvalue weighted by Crippen LogP contribution is -2.48. The number of nitrogens with zero attached hydrogens (tertiary/aromatic N) is 8. The van der Waals surface area contributed by atoms with E-state index in [1.165, 1.54) is 0 Å². The van der Waals surface area contributed by atoms with Gasteiger partial charge in [0.25, 0.3) is 11.8 Å². The molecule has 4 aliphatic heterocycles. The zero-order chi connectivity index (χ0) is 86.3. The summed E-state index contributed by atoms with van der Waals surface area (Å²) < 4.78 is 55.8. The maximum atomic E-state index is 14.3. The van der Waals surface area contributed by atoms with Crippen LogP contribution in [0.5, 0.6) is 11.5 Å². The lowest BCUT2D eigenvalue weighted by atomic mass is 9.95. The predicted molar refractivity (Wildman–Crippen MR) is 478 cm³/mol. The summed E-state index contributed by atoms with van der Waals surface area (Å²) >= 11 is 10.2. The molecule has 0 spiro atoms. The molecule has 664 valence electrons. The molecule has 8 amide bonds. The molecule has 2 atom stereocenters. The second-order valence-electron chi connectivity index (χ2n) is 29.8. The molecule has 2 saturated heterocycles. The number of benzene rings is 6. The van der Waals surface area contributed by atoms with Gasteiger partial charge in [-0.25, -0.2) is 20.4 Å². The van der Waals surface area contributed by atoms with Crippen molar-refractivity contribution in [2.24, 2.45) is 10.2 Å². The first-order valence-corrected chi connectivity index (χ1v) is 43.2. The van der Waals surface area contributed by atoms with Crippen LogP contribution in [0, 0.1) is 0 Å². The van der Waals surface area contributed by atoms with Gasteiger partial charge in [0.05, 0.1) is 141 Å². The number of carbonyl (C=O) groups is 8. The zero-order valence-electron chi connectivity index (χ0n) is 70.3. The maximum absolute atomic E-state index is 14.3. The number of halogens is 2. The first kappa shape index (κ1) is 95.2. The number of piperazine rings is 2. The van der Waals surface area contributed by atoms with Crippen molar-refractivity contribution in [2.45, 2.75) is 72.6 Å². The highest BCUT2D eigenvalue weighted by Gasteiger charge is 2.39. The molecule has 123 heavy (non-hydrogen) atoms. The highest BCUT2D eigenvalue weighted by atomic mass is 79.9. The van der Waals surface area contributed by atoms with Gasteiger partial charge >= 0.3 is 12.2 Å². The van der Waals surface area contributed by atoms with Crippen LogP contribution in [0.2, 0.25) is 0 Å². The van der Waals surface area contributed by atoms with Crippen LogP contribution in [0.3, 0.4) is 0 Å². The van der Waals surface area contributed by atoms with Gasteiger partial charge < -0.3 is 97.4 Å². The number of hydrogen-bond donors (Lipinski definition) is 6. The molecule has 8 aromatic rings. The largest absolute Gasteiger partial charge is 0.415 e. The van der Waals surface area contributed by atoms with Gasteiger partial charge in [-0.05, 0) is 97.4 Å². The number of ether oxygens (including phenoxy) is 10. The summed E-state index contributed by atoms with van der Waals surface area (Å²) in [6.45, 7) is 20.6. The van der Waals surface area contributed by atoms with Crippen molar-refractivity contribution >= 4 is 141 Å². The van der Waals surface area contributed by atoms with Crippen molar-refractivity contribution in [3.05, 3.63) is 143 Å². The zero-order valence-corrected chi connectivity index (χ0v) is 72.6. The summed E-state index contributed by atoms with van der Waals surface area (Å²) in [5.41, 5.74) is 13.7. The number of H-pyrrole nitrogens is 2. The summed E-state index contributed by atoms with van der Waals surface area (Å²) in [4.78, 5) is 120. The Balaban J connectivity index is 0.000000255. The maximum Gasteiger partial charge on any atom is 0.415 e. The fourth-order valence-electron chi connectivity index (χ4n) is 14.3. The normalized spacial score (nSPS) is 15.5. The molecule has 6 aromatic carbocycles. The van der Waals surface area contributed by atoms with E-state index in [4.69, 9.17) is 59.0 Å². The Morgan fingerprint density at radius 3 is 1.16 bits per heavy atom. The Hall–Kier alpha value is -10.0. The molecular formula is C89H116BrClN14O18. The van der Waals surface area contributed by atoms with Gasteiger partial charge in [0, 0.05) is 159 Å². The third kappa shape index (κ3) is 27.0. The van der Waals surface area contributed by atoms with Gasteiger partial charge in [0.1, 0.15) is 22.9 Å². The van der Waals surface area contributed by atoms with Crippen molar-refractivity contribution < 1.29 is 85.7 Å². The number of likely N-dealkylation sites (N-methyl/N-ethyl adjacent to an activating group) is 2. The number of anilines is 2. The average molecular weight is 1790 g/mol. The number of aromatic amines is 2. The standard InChI is InChI=1S/C44H56BrN7O9.C44H56ClN7O9.CH4/c2*1-4-40(53)46-12-18-58-20-22-60-24-23-59-21-19-57-17-11-41(54)49-48-30(2)31-9-10-36-32(25-31)26-37(47-36)43(55)52-29-33(28-45)42-35-8-6-5-7-34(35)39(27-38(42)52)61-44(56)51-15-13-50(3)14-16-51;/h2*5-10,25-27,33,47H,4,11-24,28-29H2,1-3H3,(H,46,53)(H,49,54);1H4/b2*48-30+;/t2*33-;/m11./s1. The van der Waals surface area contributed by atoms with Crippen LogP contribution < -0.4 is 40.8 Å². The fourth-order valence-corrected chi connectivity index (χ4v) is 15.1. The predicted octanol–water partition coefficient (Wildman–Crippen LogP) is 10.5. The van der Waals surface area contributed by atoms with Gasteiger partial charge in [-0.2, -0.15) is 10.2 Å². The number of aromatic nitrogens is 2. The molecule has 0 radical (unpaired) electrons. The topological polar surface area (TPSA) is 353 Å². The smallest absolute Gasteiger partial charge is 0.409 e. The molecule has 0 bridgehead atoms. The van der Waals surface area contributed by atoms with E-state index in [0.29, 0.717) is 209 Å². The van der Waals surface area contributed by atoms with Crippen LogP contribution in [0.25, 0.3) is 43.4 Å². The molecule has 2 aromatic heterocycles. The van der Waals surface area contributed by atoms with E-state index >= 15 is 0 Å². The second kappa shape index (κ2) is 48.9. The molecular weight excluding hydrogens is 1670 g/mol. The van der Waals surface area contributed by atoms with Gasteiger partial charge in [-0.3, -0.25) is 28.8 Å². The summed E-state index contributed by atoms with van der Waals surface area (Å²) in [6.07, 6.45) is 0.372. The molecule has 34 heteroatoms. The summed E-state index contributed by atoms with van der Waals surface area (Å²) in [5.74, 6) is 0.0633. The van der Waals surface area contributed by atoms with E-state index in [-0.39, 0.29) is 80.8 Å². The number of fused-ring (bicyclic) bond motifs is 8. The summed E-state index contributed by atoms with van der Waals surface area (Å²) in [6, 6.07) is 34.3. The lowest BCUT2D eigenvalue weighted by molar-refractivity contribution is -0.123. The third-order valence-electron chi connectivity index (χ3n) is 21.2. The van der Waals surface area contributed by atoms with Crippen molar-refractivity contribution in [2.75, 3.05) is 219 Å². The van der Waals surface area contributed by atoms with Crippen LogP contribution >= 0.6 is 27.5 Å². The third-order valence-corrected chi connectivity index (χ3v) is 22.4. The highest BCUT2D eigenvalue weighted by Crippen LogP contribution is 2.48. The molecule has 2 fully saturated rings. The van der Waals surface area contributed by atoms with Crippen molar-refractivity contribution in [1.29, 1.82) is 0 Å². The SMILES string of the molecule is C.CCC(=O)NCCOCCOCCOCCOCCC(=O)N/N=C(\C)c1ccc2[nH]c(C(=O)N3C[C@@H](CBr)c4c3cc(OC(=O)N3CCN(C)CC3)c3ccccc43)cc2c1.CCC(=O)NCCOCCOCCOCCOCCC(=O)N/N=C(\C)c1ccc2[nH]c(C(=O)N3C[C@@H](CCl)c4c3cc(OC(=O)N3CCN(C)CC3)c3ccccc43)cc2c1. The first-order valence-electron chi connectivity index (χ1n) is 41.6. The Labute approximate surface area is 730 Å². The van der Waals surface area contributed by atoms with Crippen LogP contribution in [0.4, 0.5) is 21.0 Å². The Morgan fingerprint density at radius 2 is 0.797 bits per heavy atom. The van der Waals surface area contributed by atoms with Crippen molar-refractivity contribution in [3.8, 4) is 11.5 Å². The van der Waals surface area contributed by atoms with Gasteiger partial charge in [-0.15, -0.1) is 11.6 Å². The first-order chi connectivity index (χ1) is 59.3. The Morgan fingerprint density at radius 1 is 0.447 bits per heavy atom. The molecule has 4 aliphatic rings. The Kier molecular flexibility index (Phi) is 37.8. The molecule has 0 aliphatic carbocycles.